The third-order valence-electron chi connectivity index (χ3n) is 5.89. The van der Waals surface area contributed by atoms with E-state index >= 15 is 0 Å². The summed E-state index contributed by atoms with van der Waals surface area (Å²) in [4.78, 5) is 20.7. The topological polar surface area (TPSA) is 72.3 Å². The van der Waals surface area contributed by atoms with Crippen LogP contribution in [-0.4, -0.2) is 46.9 Å². The molecule has 1 aliphatic heterocycles. The van der Waals surface area contributed by atoms with Crippen LogP contribution < -0.4 is 15.0 Å². The maximum atomic E-state index is 13.4. The average molecular weight is 478 g/mol. The van der Waals surface area contributed by atoms with Crippen molar-refractivity contribution in [3.05, 3.63) is 77.7 Å². The van der Waals surface area contributed by atoms with Crippen LogP contribution in [0.2, 0.25) is 0 Å². The molecule has 1 saturated heterocycles. The molecule has 0 bridgehead atoms. The second kappa shape index (κ2) is 9.64. The zero-order chi connectivity index (χ0) is 23.5. The molecule has 0 aliphatic carbocycles. The van der Waals surface area contributed by atoms with Crippen LogP contribution in [0.15, 0.2) is 66.0 Å². The number of thiophene rings is 1. The van der Waals surface area contributed by atoms with Gasteiger partial charge in [0.2, 0.25) is 5.82 Å². The third-order valence-corrected chi connectivity index (χ3v) is 6.76. The maximum absolute atomic E-state index is 13.4. The fourth-order valence-corrected chi connectivity index (χ4v) is 4.76. The number of benzene rings is 2. The lowest BCUT2D eigenvalue weighted by atomic mass is 10.0. The van der Waals surface area contributed by atoms with Crippen LogP contribution in [0.1, 0.15) is 23.5 Å². The van der Waals surface area contributed by atoms with Gasteiger partial charge >= 0.3 is 0 Å². The van der Waals surface area contributed by atoms with E-state index in [9.17, 15) is 9.18 Å². The number of halogens is 1. The van der Waals surface area contributed by atoms with Gasteiger partial charge in [-0.2, -0.15) is 0 Å². The second-order valence-electron chi connectivity index (χ2n) is 8.06. The minimum Gasteiger partial charge on any atom is -0.497 e. The van der Waals surface area contributed by atoms with Crippen molar-refractivity contribution < 1.29 is 13.9 Å². The van der Waals surface area contributed by atoms with Crippen molar-refractivity contribution in [2.24, 2.45) is 0 Å². The van der Waals surface area contributed by atoms with Gasteiger partial charge in [0, 0.05) is 24.8 Å². The molecule has 2 aromatic carbocycles. The van der Waals surface area contributed by atoms with Crippen LogP contribution in [0.3, 0.4) is 0 Å². The Morgan fingerprint density at radius 3 is 2.41 bits per heavy atom. The fourth-order valence-electron chi connectivity index (χ4n) is 4.06. The Labute approximate surface area is 200 Å². The maximum Gasteiger partial charge on any atom is 0.291 e. The molecule has 9 heteroatoms. The van der Waals surface area contributed by atoms with E-state index in [1.165, 1.54) is 23.5 Å². The van der Waals surface area contributed by atoms with Crippen LogP contribution in [0.4, 0.5) is 10.1 Å². The number of nitrogens with one attached hydrogen (secondary N) is 1. The first-order chi connectivity index (χ1) is 16.6. The number of rotatable bonds is 6. The predicted molar refractivity (Wildman–Crippen MR) is 130 cm³/mol. The highest BCUT2D eigenvalue weighted by atomic mass is 32.1. The Hall–Kier alpha value is -3.72. The van der Waals surface area contributed by atoms with Crippen LogP contribution in [0.5, 0.6) is 5.75 Å². The Morgan fingerprint density at radius 1 is 1.06 bits per heavy atom. The molecule has 0 radical (unpaired) electrons. The lowest BCUT2D eigenvalue weighted by Crippen LogP contribution is -2.45. The Kier molecular flexibility index (Phi) is 6.27. The van der Waals surface area contributed by atoms with E-state index in [0.717, 1.165) is 42.2 Å². The molecule has 0 unspecified atom stereocenters. The van der Waals surface area contributed by atoms with Gasteiger partial charge in [-0.15, -0.1) is 16.4 Å². The molecule has 0 saturated carbocycles. The molecule has 7 nitrogen and oxygen atoms in total. The van der Waals surface area contributed by atoms with E-state index in [2.05, 4.69) is 32.4 Å². The normalized spacial score (nSPS) is 14.2. The van der Waals surface area contributed by atoms with E-state index in [1.54, 1.807) is 23.9 Å². The number of aromatic nitrogens is 3. The highest BCUT2D eigenvalue weighted by molar-refractivity contribution is 7.13. The van der Waals surface area contributed by atoms with Crippen molar-refractivity contribution in [3.8, 4) is 22.1 Å². The van der Waals surface area contributed by atoms with Crippen molar-refractivity contribution in [2.75, 3.05) is 25.1 Å². The molecular weight excluding hydrogens is 453 g/mol. The van der Waals surface area contributed by atoms with Gasteiger partial charge < -0.3 is 15.0 Å². The minimum atomic E-state index is -0.333. The van der Waals surface area contributed by atoms with Gasteiger partial charge in [0.25, 0.3) is 5.91 Å². The lowest BCUT2D eigenvalue weighted by molar-refractivity contribution is 0.0920. The minimum absolute atomic E-state index is 0.0463. The van der Waals surface area contributed by atoms with Gasteiger partial charge in [0.05, 0.1) is 17.7 Å². The zero-order valence-electron chi connectivity index (χ0n) is 18.6. The van der Waals surface area contributed by atoms with Crippen LogP contribution in [0.25, 0.3) is 16.4 Å². The molecule has 174 valence electrons. The SMILES string of the molecule is COc1ccc(N2CCC(NC(=O)c3nc(-c4cccs4)n(-c4ccc(F)cc4)n3)CC2)cc1. The Morgan fingerprint density at radius 2 is 1.76 bits per heavy atom. The van der Waals surface area contributed by atoms with Crippen molar-refractivity contribution in [1.29, 1.82) is 0 Å². The van der Waals surface area contributed by atoms with E-state index < -0.39 is 0 Å². The summed E-state index contributed by atoms with van der Waals surface area (Å²) in [5.41, 5.74) is 1.79. The monoisotopic (exact) mass is 477 g/mol. The number of anilines is 1. The number of carbonyl (C=O) groups is 1. The highest BCUT2D eigenvalue weighted by Gasteiger charge is 2.25. The van der Waals surface area contributed by atoms with Gasteiger partial charge in [-0.25, -0.2) is 14.1 Å². The predicted octanol–water partition coefficient (Wildman–Crippen LogP) is 4.54. The standard InChI is InChI=1S/C25H24FN5O2S/c1-33-21-10-8-19(9-11-21)30-14-12-18(13-15-30)27-25(32)23-28-24(22-3-2-16-34-22)31(29-23)20-6-4-17(26)5-7-20/h2-11,16,18H,12-15H2,1H3,(H,27,32). The highest BCUT2D eigenvalue weighted by Crippen LogP contribution is 2.26. The average Bonchev–Trinajstić information content (AvgIpc) is 3.55. The number of hydrogen-bond donors (Lipinski definition) is 1. The smallest absolute Gasteiger partial charge is 0.291 e. The van der Waals surface area contributed by atoms with Crippen molar-refractivity contribution in [3.63, 3.8) is 0 Å². The number of ether oxygens (including phenoxy) is 1. The summed E-state index contributed by atoms with van der Waals surface area (Å²) in [5, 5.41) is 9.50. The zero-order valence-corrected chi connectivity index (χ0v) is 19.5. The molecule has 1 fully saturated rings. The quantitative estimate of drug-likeness (QED) is 0.441. The van der Waals surface area contributed by atoms with E-state index in [-0.39, 0.29) is 23.6 Å². The van der Waals surface area contributed by atoms with Gasteiger partial charge in [-0.1, -0.05) is 6.07 Å². The molecule has 4 aromatic rings. The summed E-state index contributed by atoms with van der Waals surface area (Å²) in [5.74, 6) is 0.855. The van der Waals surface area contributed by atoms with Gasteiger partial charge in [-0.3, -0.25) is 4.79 Å². The fraction of sp³-hybridized carbons (Fsp3) is 0.240. The number of amides is 1. The number of carbonyl (C=O) groups excluding carboxylic acids is 1. The molecule has 34 heavy (non-hydrogen) atoms. The number of methoxy groups -OCH3 is 1. The molecule has 3 heterocycles. The first kappa shape index (κ1) is 22.1. The van der Waals surface area contributed by atoms with E-state index in [1.807, 2.05) is 29.6 Å². The van der Waals surface area contributed by atoms with Gasteiger partial charge in [-0.05, 0) is 72.8 Å². The summed E-state index contributed by atoms with van der Waals surface area (Å²) >= 11 is 1.51. The van der Waals surface area contributed by atoms with E-state index in [4.69, 9.17) is 4.74 Å². The molecule has 0 spiro atoms. The Bertz CT molecular complexity index is 1250. The van der Waals surface area contributed by atoms with E-state index in [0.29, 0.717) is 11.5 Å². The van der Waals surface area contributed by atoms with Gasteiger partial charge in [0.1, 0.15) is 11.6 Å². The number of piperidine rings is 1. The summed E-state index contributed by atoms with van der Waals surface area (Å²) < 4.78 is 20.2. The van der Waals surface area contributed by atoms with Crippen molar-refractivity contribution in [2.45, 2.75) is 18.9 Å². The third kappa shape index (κ3) is 4.65. The molecule has 1 aliphatic rings. The molecule has 2 aromatic heterocycles. The molecular formula is C25H24FN5O2S. The number of nitrogens with zero attached hydrogens (tertiary/aromatic N) is 4. The molecule has 5 rings (SSSR count). The summed E-state index contributed by atoms with van der Waals surface area (Å²) in [6, 6.07) is 17.9. The summed E-state index contributed by atoms with van der Waals surface area (Å²) in [7, 11) is 1.66. The number of hydrogen-bond acceptors (Lipinski definition) is 6. The van der Waals surface area contributed by atoms with Crippen LogP contribution in [0, 0.1) is 5.82 Å². The largest absolute Gasteiger partial charge is 0.497 e. The summed E-state index contributed by atoms with van der Waals surface area (Å²) in [6.07, 6.45) is 1.66. The molecule has 0 atom stereocenters. The van der Waals surface area contributed by atoms with Crippen LogP contribution >= 0.6 is 11.3 Å². The second-order valence-corrected chi connectivity index (χ2v) is 9.01. The van der Waals surface area contributed by atoms with Crippen LogP contribution in [-0.2, 0) is 0 Å². The molecule has 1 N–H and O–H groups in total. The summed E-state index contributed by atoms with van der Waals surface area (Å²) in [6.45, 7) is 1.68. The van der Waals surface area contributed by atoms with Crippen molar-refractivity contribution >= 4 is 22.9 Å². The first-order valence-corrected chi connectivity index (χ1v) is 12.0. The molecule has 1 amide bonds. The Balaban J connectivity index is 1.28. The van der Waals surface area contributed by atoms with Crippen molar-refractivity contribution in [1.82, 2.24) is 20.1 Å². The first-order valence-electron chi connectivity index (χ1n) is 11.1. The van der Waals surface area contributed by atoms with Gasteiger partial charge in [0.15, 0.2) is 5.82 Å². The lowest BCUT2D eigenvalue weighted by Gasteiger charge is -2.33.